The normalized spacial score (nSPS) is 11.3. The maximum absolute atomic E-state index is 14.4. The SMILES string of the molecule is CCCCN(C(=O)Nc1c(C(C)C)cccc1C(C)C)c1c(-c2cccc(C#CCN(CCC)CCC)c2)c2cccnc2[nH]c1=O. The summed E-state index contributed by atoms with van der Waals surface area (Å²) < 4.78 is 0. The van der Waals surface area contributed by atoms with Gasteiger partial charge in [0.1, 0.15) is 11.3 Å². The molecule has 2 heterocycles. The van der Waals surface area contributed by atoms with E-state index >= 15 is 0 Å². The lowest BCUT2D eigenvalue weighted by atomic mass is 9.92. The summed E-state index contributed by atoms with van der Waals surface area (Å²) in [6.45, 7) is 18.1. The first kappa shape index (κ1) is 35.4. The molecule has 0 bridgehead atoms. The van der Waals surface area contributed by atoms with Gasteiger partial charge in [-0.2, -0.15) is 0 Å². The Morgan fingerprint density at radius 2 is 1.57 bits per heavy atom. The fourth-order valence-electron chi connectivity index (χ4n) is 6.07. The van der Waals surface area contributed by atoms with Crippen molar-refractivity contribution in [3.8, 4) is 23.0 Å². The first-order chi connectivity index (χ1) is 22.7. The number of benzene rings is 2. The summed E-state index contributed by atoms with van der Waals surface area (Å²) in [4.78, 5) is 39.9. The number of carbonyl (C=O) groups is 1. The van der Waals surface area contributed by atoms with Crippen LogP contribution >= 0.6 is 0 Å². The van der Waals surface area contributed by atoms with Crippen molar-refractivity contribution in [3.05, 3.63) is 87.8 Å². The van der Waals surface area contributed by atoms with Crippen LogP contribution in [0.15, 0.2) is 65.6 Å². The summed E-state index contributed by atoms with van der Waals surface area (Å²) in [7, 11) is 0. The molecule has 7 heteroatoms. The van der Waals surface area contributed by atoms with E-state index in [-0.39, 0.29) is 23.4 Å². The van der Waals surface area contributed by atoms with Gasteiger partial charge in [-0.1, -0.05) is 97.1 Å². The lowest BCUT2D eigenvalue weighted by Crippen LogP contribution is -2.40. The first-order valence-electron chi connectivity index (χ1n) is 17.2. The van der Waals surface area contributed by atoms with Gasteiger partial charge in [0, 0.05) is 34.9 Å². The Morgan fingerprint density at radius 1 is 0.894 bits per heavy atom. The van der Waals surface area contributed by atoms with E-state index in [1.807, 2.05) is 36.4 Å². The number of fused-ring (bicyclic) bond motifs is 1. The van der Waals surface area contributed by atoms with Crippen LogP contribution in [0.5, 0.6) is 0 Å². The van der Waals surface area contributed by atoms with Crippen LogP contribution in [-0.2, 0) is 0 Å². The molecule has 0 aliphatic rings. The fourth-order valence-corrected chi connectivity index (χ4v) is 6.07. The van der Waals surface area contributed by atoms with Crippen molar-refractivity contribution in [2.45, 2.75) is 86.0 Å². The Bertz CT molecular complexity index is 1750. The highest BCUT2D eigenvalue weighted by Crippen LogP contribution is 2.36. The van der Waals surface area contributed by atoms with Gasteiger partial charge in [-0.3, -0.25) is 14.6 Å². The van der Waals surface area contributed by atoms with E-state index in [0.717, 1.165) is 72.1 Å². The Balaban J connectivity index is 1.86. The van der Waals surface area contributed by atoms with Crippen LogP contribution in [0.3, 0.4) is 0 Å². The number of para-hydroxylation sites is 1. The number of unbranched alkanes of at least 4 members (excludes halogenated alkanes) is 1. The molecule has 0 unspecified atom stereocenters. The highest BCUT2D eigenvalue weighted by molar-refractivity contribution is 6.09. The third kappa shape index (κ3) is 8.69. The van der Waals surface area contributed by atoms with E-state index in [2.05, 4.69) is 98.7 Å². The molecular formula is C40H51N5O2. The quantitative estimate of drug-likeness (QED) is 0.144. The number of H-pyrrole nitrogens is 1. The van der Waals surface area contributed by atoms with Crippen LogP contribution < -0.4 is 15.8 Å². The topological polar surface area (TPSA) is 81.3 Å². The number of pyridine rings is 2. The summed E-state index contributed by atoms with van der Waals surface area (Å²) in [6.07, 6.45) is 5.45. The summed E-state index contributed by atoms with van der Waals surface area (Å²) in [6, 6.07) is 17.6. The largest absolute Gasteiger partial charge is 0.326 e. The zero-order valence-corrected chi connectivity index (χ0v) is 29.2. The second-order valence-corrected chi connectivity index (χ2v) is 12.8. The molecule has 0 aliphatic heterocycles. The number of aromatic amines is 1. The van der Waals surface area contributed by atoms with Gasteiger partial charge in [0.05, 0.1) is 6.54 Å². The number of nitrogens with one attached hydrogen (secondary N) is 2. The zero-order chi connectivity index (χ0) is 33.9. The van der Waals surface area contributed by atoms with Crippen molar-refractivity contribution in [1.82, 2.24) is 14.9 Å². The average molecular weight is 634 g/mol. The number of amides is 2. The number of aromatic nitrogens is 2. The Kier molecular flexibility index (Phi) is 12.8. The molecule has 0 radical (unpaired) electrons. The van der Waals surface area contributed by atoms with Crippen LogP contribution in [0.25, 0.3) is 22.2 Å². The molecule has 0 fully saturated rings. The molecule has 0 atom stereocenters. The number of hydrogen-bond acceptors (Lipinski definition) is 4. The predicted molar refractivity (Wildman–Crippen MR) is 198 cm³/mol. The summed E-state index contributed by atoms with van der Waals surface area (Å²) in [5.41, 5.74) is 5.74. The second kappa shape index (κ2) is 16.9. The summed E-state index contributed by atoms with van der Waals surface area (Å²) in [5.74, 6) is 7.12. The summed E-state index contributed by atoms with van der Waals surface area (Å²) in [5, 5.41) is 4.03. The maximum atomic E-state index is 14.4. The lowest BCUT2D eigenvalue weighted by molar-refractivity contribution is 0.256. The molecule has 47 heavy (non-hydrogen) atoms. The number of hydrogen-bond donors (Lipinski definition) is 2. The Hall–Kier alpha value is -4.41. The van der Waals surface area contributed by atoms with Gasteiger partial charge in [-0.25, -0.2) is 9.78 Å². The first-order valence-corrected chi connectivity index (χ1v) is 17.2. The van der Waals surface area contributed by atoms with E-state index in [1.165, 1.54) is 0 Å². The highest BCUT2D eigenvalue weighted by atomic mass is 16.2. The van der Waals surface area contributed by atoms with Crippen LogP contribution in [0.4, 0.5) is 16.2 Å². The molecule has 2 amide bonds. The van der Waals surface area contributed by atoms with Crippen molar-refractivity contribution in [3.63, 3.8) is 0 Å². The zero-order valence-electron chi connectivity index (χ0n) is 29.2. The molecule has 0 aliphatic carbocycles. The number of rotatable bonds is 13. The molecule has 0 saturated carbocycles. The second-order valence-electron chi connectivity index (χ2n) is 12.8. The van der Waals surface area contributed by atoms with E-state index in [1.54, 1.807) is 11.1 Å². The van der Waals surface area contributed by atoms with Crippen LogP contribution in [0.1, 0.15) is 103 Å². The monoisotopic (exact) mass is 633 g/mol. The molecule has 4 aromatic rings. The van der Waals surface area contributed by atoms with Gasteiger partial charge >= 0.3 is 6.03 Å². The Labute approximate surface area is 280 Å². The van der Waals surface area contributed by atoms with Crippen LogP contribution in [0, 0.1) is 11.8 Å². The third-order valence-corrected chi connectivity index (χ3v) is 8.38. The van der Waals surface area contributed by atoms with Crippen molar-refractivity contribution < 1.29 is 4.79 Å². The minimum absolute atomic E-state index is 0.207. The van der Waals surface area contributed by atoms with Gasteiger partial charge < -0.3 is 10.3 Å². The van der Waals surface area contributed by atoms with Crippen molar-refractivity contribution >= 4 is 28.4 Å². The molecule has 7 nitrogen and oxygen atoms in total. The van der Waals surface area contributed by atoms with Crippen molar-refractivity contribution in [2.75, 3.05) is 36.4 Å². The minimum Gasteiger partial charge on any atom is -0.307 e. The molecule has 4 rings (SSSR count). The van der Waals surface area contributed by atoms with Gasteiger partial charge in [-0.15, -0.1) is 0 Å². The Morgan fingerprint density at radius 3 is 2.21 bits per heavy atom. The molecule has 2 aromatic heterocycles. The molecule has 248 valence electrons. The molecule has 2 N–H and O–H groups in total. The molecule has 0 spiro atoms. The van der Waals surface area contributed by atoms with Gasteiger partial charge in [0.25, 0.3) is 5.56 Å². The van der Waals surface area contributed by atoms with Gasteiger partial charge in [-0.05, 0) is 85.1 Å². The van der Waals surface area contributed by atoms with E-state index in [4.69, 9.17) is 0 Å². The van der Waals surface area contributed by atoms with Crippen molar-refractivity contribution in [1.29, 1.82) is 0 Å². The summed E-state index contributed by atoms with van der Waals surface area (Å²) >= 11 is 0. The van der Waals surface area contributed by atoms with Crippen LogP contribution in [0.2, 0.25) is 0 Å². The smallest absolute Gasteiger partial charge is 0.307 e. The lowest BCUT2D eigenvalue weighted by Gasteiger charge is -2.27. The standard InChI is InChI=1S/C40H51N5O2/c1-8-11-26-45(40(47)42-36-32(28(4)5)19-13-20-33(36)29(6)7)37-35(34-21-14-22-41-38(34)43-39(37)46)31-18-12-16-30(27-31)17-15-25-44(23-9-2)24-10-3/h12-14,16,18-22,27-29H,8-11,23-26H2,1-7H3,(H,42,47)(H,41,43,46). The van der Waals surface area contributed by atoms with E-state index in [9.17, 15) is 9.59 Å². The maximum Gasteiger partial charge on any atom is 0.326 e. The molecule has 2 aromatic carbocycles. The average Bonchev–Trinajstić information content (AvgIpc) is 3.05. The molecular weight excluding hydrogens is 582 g/mol. The predicted octanol–water partition coefficient (Wildman–Crippen LogP) is 9.15. The number of nitrogens with zero attached hydrogens (tertiary/aromatic N) is 3. The fraction of sp³-hybridized carbons (Fsp3) is 0.425. The number of urea groups is 1. The minimum atomic E-state index is -0.357. The highest BCUT2D eigenvalue weighted by Gasteiger charge is 2.27. The van der Waals surface area contributed by atoms with Gasteiger partial charge in [0.15, 0.2) is 0 Å². The molecule has 0 saturated heterocycles. The van der Waals surface area contributed by atoms with E-state index < -0.39 is 0 Å². The third-order valence-electron chi connectivity index (χ3n) is 8.38. The van der Waals surface area contributed by atoms with Gasteiger partial charge in [0.2, 0.25) is 0 Å². The number of carbonyl (C=O) groups excluding carboxylic acids is 1. The van der Waals surface area contributed by atoms with Crippen LogP contribution in [-0.4, -0.2) is 47.1 Å². The number of anilines is 2. The van der Waals surface area contributed by atoms with E-state index in [0.29, 0.717) is 30.0 Å². The van der Waals surface area contributed by atoms with Crippen molar-refractivity contribution in [2.24, 2.45) is 0 Å².